The Morgan fingerprint density at radius 3 is 2.65 bits per heavy atom. The minimum Gasteiger partial charge on any atom is -0.306 e. The van der Waals surface area contributed by atoms with Crippen LogP contribution < -0.4 is 5.32 Å². The van der Waals surface area contributed by atoms with Gasteiger partial charge in [0.1, 0.15) is 0 Å². The summed E-state index contributed by atoms with van der Waals surface area (Å²) in [6, 6.07) is 4.42. The van der Waals surface area contributed by atoms with Crippen LogP contribution in [0.3, 0.4) is 0 Å². The summed E-state index contributed by atoms with van der Waals surface area (Å²) in [5.41, 5.74) is 4.58. The van der Waals surface area contributed by atoms with Crippen LogP contribution in [0.4, 0.5) is 0 Å². The van der Waals surface area contributed by atoms with Gasteiger partial charge in [-0.15, -0.1) is 0 Å². The quantitative estimate of drug-likeness (QED) is 0.879. The van der Waals surface area contributed by atoms with Crippen LogP contribution >= 0.6 is 0 Å². The van der Waals surface area contributed by atoms with E-state index in [0.717, 1.165) is 30.9 Å². The number of nitrogens with zero attached hydrogens (tertiary/aromatic N) is 3. The van der Waals surface area contributed by atoms with Crippen molar-refractivity contribution in [2.24, 2.45) is 0 Å². The van der Waals surface area contributed by atoms with Crippen LogP contribution in [-0.4, -0.2) is 21.3 Å². The van der Waals surface area contributed by atoms with E-state index in [1.807, 2.05) is 17.8 Å². The van der Waals surface area contributed by atoms with E-state index in [1.165, 1.54) is 11.1 Å². The highest BCUT2D eigenvalue weighted by molar-refractivity contribution is 5.32. The predicted octanol–water partition coefficient (Wildman–Crippen LogP) is 3.00. The Morgan fingerprint density at radius 1 is 1.25 bits per heavy atom. The molecule has 2 heterocycles. The third kappa shape index (κ3) is 3.25. The lowest BCUT2D eigenvalue weighted by atomic mass is 10.00. The maximum atomic E-state index is 4.59. The first-order valence-corrected chi connectivity index (χ1v) is 7.35. The van der Waals surface area contributed by atoms with Crippen LogP contribution in [-0.2, 0) is 6.54 Å². The molecule has 2 aromatic heterocycles. The maximum Gasteiger partial charge on any atom is 0.0625 e. The molecule has 0 aliphatic carbocycles. The number of hydrogen-bond donors (Lipinski definition) is 1. The minimum absolute atomic E-state index is 0.170. The van der Waals surface area contributed by atoms with Crippen molar-refractivity contribution in [2.45, 2.75) is 46.7 Å². The first-order valence-electron chi connectivity index (χ1n) is 7.35. The SMILES string of the molecule is CCCNC(c1cnn(CC)c1)c1ccc(C)nc1C. The van der Waals surface area contributed by atoms with Gasteiger partial charge in [-0.2, -0.15) is 5.10 Å². The first-order chi connectivity index (χ1) is 9.65. The van der Waals surface area contributed by atoms with Gasteiger partial charge in [-0.1, -0.05) is 13.0 Å². The van der Waals surface area contributed by atoms with Gasteiger partial charge in [0, 0.05) is 29.7 Å². The van der Waals surface area contributed by atoms with Crippen molar-refractivity contribution in [1.82, 2.24) is 20.1 Å². The molecule has 0 saturated carbocycles. The molecule has 1 unspecified atom stereocenters. The third-order valence-corrected chi connectivity index (χ3v) is 3.49. The van der Waals surface area contributed by atoms with Crippen LogP contribution in [0.2, 0.25) is 0 Å². The number of pyridine rings is 1. The second-order valence-electron chi connectivity index (χ2n) is 5.14. The number of rotatable bonds is 6. The molecular formula is C16H24N4. The number of aryl methyl sites for hydroxylation is 3. The second kappa shape index (κ2) is 6.66. The summed E-state index contributed by atoms with van der Waals surface area (Å²) in [5, 5.41) is 8.00. The van der Waals surface area contributed by atoms with Crippen LogP contribution in [0.5, 0.6) is 0 Å². The zero-order chi connectivity index (χ0) is 14.5. The summed E-state index contributed by atoms with van der Waals surface area (Å²) in [7, 11) is 0. The Morgan fingerprint density at radius 2 is 2.05 bits per heavy atom. The topological polar surface area (TPSA) is 42.7 Å². The number of hydrogen-bond acceptors (Lipinski definition) is 3. The summed E-state index contributed by atoms with van der Waals surface area (Å²) in [5.74, 6) is 0. The van der Waals surface area contributed by atoms with Gasteiger partial charge < -0.3 is 5.32 Å². The van der Waals surface area contributed by atoms with E-state index in [-0.39, 0.29) is 6.04 Å². The molecule has 1 atom stereocenters. The fourth-order valence-electron chi connectivity index (χ4n) is 2.40. The lowest BCUT2D eigenvalue weighted by molar-refractivity contribution is 0.591. The molecule has 1 N–H and O–H groups in total. The molecule has 2 rings (SSSR count). The zero-order valence-corrected chi connectivity index (χ0v) is 12.8. The Hall–Kier alpha value is -1.68. The van der Waals surface area contributed by atoms with Crippen molar-refractivity contribution in [3.05, 3.63) is 47.0 Å². The van der Waals surface area contributed by atoms with Crippen molar-refractivity contribution < 1.29 is 0 Å². The molecule has 0 aromatic carbocycles. The lowest BCUT2D eigenvalue weighted by Crippen LogP contribution is -2.24. The fourth-order valence-corrected chi connectivity index (χ4v) is 2.40. The second-order valence-corrected chi connectivity index (χ2v) is 5.14. The molecule has 0 aliphatic rings. The van der Waals surface area contributed by atoms with Crippen LogP contribution in [0, 0.1) is 13.8 Å². The molecule has 0 bridgehead atoms. The Kier molecular flexibility index (Phi) is 4.90. The average molecular weight is 272 g/mol. The molecule has 0 saturated heterocycles. The van der Waals surface area contributed by atoms with E-state index in [4.69, 9.17) is 0 Å². The van der Waals surface area contributed by atoms with E-state index in [0.29, 0.717) is 0 Å². The van der Waals surface area contributed by atoms with Gasteiger partial charge in [0.2, 0.25) is 0 Å². The molecule has 0 fully saturated rings. The molecule has 0 aliphatic heterocycles. The molecule has 108 valence electrons. The van der Waals surface area contributed by atoms with E-state index in [1.54, 1.807) is 0 Å². The third-order valence-electron chi connectivity index (χ3n) is 3.49. The number of nitrogens with one attached hydrogen (secondary N) is 1. The van der Waals surface area contributed by atoms with E-state index < -0.39 is 0 Å². The highest BCUT2D eigenvalue weighted by Gasteiger charge is 2.17. The zero-order valence-electron chi connectivity index (χ0n) is 12.8. The molecular weight excluding hydrogens is 248 g/mol. The Balaban J connectivity index is 2.35. The number of aromatic nitrogens is 3. The molecule has 2 aromatic rings. The maximum absolute atomic E-state index is 4.59. The smallest absolute Gasteiger partial charge is 0.0625 e. The van der Waals surface area contributed by atoms with Crippen LogP contribution in [0.1, 0.15) is 48.8 Å². The van der Waals surface area contributed by atoms with Crippen LogP contribution in [0.15, 0.2) is 24.5 Å². The van der Waals surface area contributed by atoms with Gasteiger partial charge in [-0.05, 0) is 45.4 Å². The van der Waals surface area contributed by atoms with E-state index >= 15 is 0 Å². The average Bonchev–Trinajstić information content (AvgIpc) is 2.90. The van der Waals surface area contributed by atoms with Crippen molar-refractivity contribution in [3.63, 3.8) is 0 Å². The predicted molar refractivity (Wildman–Crippen MR) is 81.7 cm³/mol. The molecule has 20 heavy (non-hydrogen) atoms. The van der Waals surface area contributed by atoms with Crippen LogP contribution in [0.25, 0.3) is 0 Å². The van der Waals surface area contributed by atoms with Gasteiger partial charge in [0.25, 0.3) is 0 Å². The first kappa shape index (κ1) is 14.7. The van der Waals surface area contributed by atoms with Gasteiger partial charge in [-0.25, -0.2) is 0 Å². The molecule has 0 amide bonds. The van der Waals surface area contributed by atoms with Gasteiger partial charge in [0.05, 0.1) is 12.2 Å². The summed E-state index contributed by atoms with van der Waals surface area (Å²) in [4.78, 5) is 4.59. The molecule has 0 spiro atoms. The van der Waals surface area contributed by atoms with Gasteiger partial charge >= 0.3 is 0 Å². The molecule has 4 heteroatoms. The summed E-state index contributed by atoms with van der Waals surface area (Å²) < 4.78 is 1.97. The van der Waals surface area contributed by atoms with Crippen molar-refractivity contribution in [3.8, 4) is 0 Å². The lowest BCUT2D eigenvalue weighted by Gasteiger charge is -2.19. The standard InChI is InChI=1S/C16H24N4/c1-5-9-17-16(14-10-18-20(6-2)11-14)15-8-7-12(3)19-13(15)4/h7-8,10-11,16-17H,5-6,9H2,1-4H3. The minimum atomic E-state index is 0.170. The molecule has 0 radical (unpaired) electrons. The summed E-state index contributed by atoms with van der Waals surface area (Å²) in [6.45, 7) is 10.3. The van der Waals surface area contributed by atoms with Crippen molar-refractivity contribution in [1.29, 1.82) is 0 Å². The highest BCUT2D eigenvalue weighted by Crippen LogP contribution is 2.24. The van der Waals surface area contributed by atoms with E-state index in [9.17, 15) is 0 Å². The fraction of sp³-hybridized carbons (Fsp3) is 0.500. The summed E-state index contributed by atoms with van der Waals surface area (Å²) in [6.07, 6.45) is 5.18. The Labute approximate surface area is 121 Å². The highest BCUT2D eigenvalue weighted by atomic mass is 15.3. The van der Waals surface area contributed by atoms with Gasteiger partial charge in [0.15, 0.2) is 0 Å². The van der Waals surface area contributed by atoms with Crippen molar-refractivity contribution >= 4 is 0 Å². The monoisotopic (exact) mass is 272 g/mol. The van der Waals surface area contributed by atoms with Crippen molar-refractivity contribution in [2.75, 3.05) is 6.54 Å². The summed E-state index contributed by atoms with van der Waals surface area (Å²) >= 11 is 0. The van der Waals surface area contributed by atoms with Gasteiger partial charge in [-0.3, -0.25) is 9.67 Å². The Bertz CT molecular complexity index is 559. The van der Waals surface area contributed by atoms with E-state index in [2.05, 4.69) is 54.5 Å². The molecule has 4 nitrogen and oxygen atoms in total. The normalized spacial score (nSPS) is 12.6. The largest absolute Gasteiger partial charge is 0.306 e.